The van der Waals surface area contributed by atoms with Crippen molar-refractivity contribution in [1.29, 1.82) is 0 Å². The molecule has 35 heavy (non-hydrogen) atoms. The second-order valence-corrected chi connectivity index (χ2v) is 11.3. The SMILES string of the molecule is CCc1ccc(N(CC(=O)N(Cc2ccccc2Cl)[C@H](CC)C(=O)NCC(C)C)S(C)(=O)=O)cc1. The van der Waals surface area contributed by atoms with Gasteiger partial charge in [-0.25, -0.2) is 8.42 Å². The number of rotatable bonds is 12. The van der Waals surface area contributed by atoms with Crippen molar-refractivity contribution in [3.05, 3.63) is 64.7 Å². The average Bonchev–Trinajstić information content (AvgIpc) is 2.81. The van der Waals surface area contributed by atoms with E-state index in [1.54, 1.807) is 30.3 Å². The number of anilines is 1. The summed E-state index contributed by atoms with van der Waals surface area (Å²) in [4.78, 5) is 28.1. The van der Waals surface area contributed by atoms with Crippen molar-refractivity contribution in [1.82, 2.24) is 10.2 Å². The molecule has 0 radical (unpaired) electrons. The van der Waals surface area contributed by atoms with Gasteiger partial charge in [0.25, 0.3) is 0 Å². The second-order valence-electron chi connectivity index (χ2n) is 8.97. The van der Waals surface area contributed by atoms with Crippen molar-refractivity contribution in [2.24, 2.45) is 5.92 Å². The number of benzene rings is 2. The van der Waals surface area contributed by atoms with Gasteiger partial charge in [0.1, 0.15) is 12.6 Å². The highest BCUT2D eigenvalue weighted by Gasteiger charge is 2.32. The van der Waals surface area contributed by atoms with E-state index in [1.165, 1.54) is 4.90 Å². The van der Waals surface area contributed by atoms with E-state index < -0.39 is 28.5 Å². The molecule has 2 aromatic carbocycles. The Hall–Kier alpha value is -2.58. The lowest BCUT2D eigenvalue weighted by molar-refractivity contribution is -0.140. The first-order chi connectivity index (χ1) is 16.5. The summed E-state index contributed by atoms with van der Waals surface area (Å²) in [6.07, 6.45) is 2.25. The lowest BCUT2D eigenvalue weighted by Crippen LogP contribution is -2.52. The maximum atomic E-state index is 13.7. The van der Waals surface area contributed by atoms with Gasteiger partial charge in [-0.05, 0) is 48.1 Å². The van der Waals surface area contributed by atoms with Crippen LogP contribution in [0.1, 0.15) is 45.2 Å². The van der Waals surface area contributed by atoms with E-state index >= 15 is 0 Å². The monoisotopic (exact) mass is 521 g/mol. The lowest BCUT2D eigenvalue weighted by Gasteiger charge is -2.33. The van der Waals surface area contributed by atoms with E-state index in [9.17, 15) is 18.0 Å². The van der Waals surface area contributed by atoms with Gasteiger partial charge in [-0.2, -0.15) is 0 Å². The van der Waals surface area contributed by atoms with Crippen LogP contribution in [0.4, 0.5) is 5.69 Å². The van der Waals surface area contributed by atoms with Crippen molar-refractivity contribution >= 4 is 39.1 Å². The molecule has 0 fully saturated rings. The zero-order valence-electron chi connectivity index (χ0n) is 21.1. The number of hydrogen-bond acceptors (Lipinski definition) is 4. The molecule has 0 saturated heterocycles. The van der Waals surface area contributed by atoms with Crippen LogP contribution in [0.5, 0.6) is 0 Å². The average molecular weight is 522 g/mol. The summed E-state index contributed by atoms with van der Waals surface area (Å²) >= 11 is 6.36. The third-order valence-corrected chi connectivity index (χ3v) is 7.19. The summed E-state index contributed by atoms with van der Waals surface area (Å²) in [7, 11) is -3.76. The molecule has 0 aliphatic carbocycles. The molecule has 1 N–H and O–H groups in total. The van der Waals surface area contributed by atoms with E-state index in [0.29, 0.717) is 29.2 Å². The first kappa shape index (κ1) is 28.7. The van der Waals surface area contributed by atoms with Gasteiger partial charge in [0.2, 0.25) is 21.8 Å². The Labute approximate surface area is 214 Å². The fourth-order valence-corrected chi connectivity index (χ4v) is 4.71. The first-order valence-corrected chi connectivity index (χ1v) is 14.1. The quantitative estimate of drug-likeness (QED) is 0.452. The molecule has 0 bridgehead atoms. The van der Waals surface area contributed by atoms with Crippen LogP contribution in [0.2, 0.25) is 5.02 Å². The van der Waals surface area contributed by atoms with Crippen molar-refractivity contribution in [2.75, 3.05) is 23.7 Å². The van der Waals surface area contributed by atoms with Crippen LogP contribution in [-0.4, -0.2) is 50.5 Å². The van der Waals surface area contributed by atoms with E-state index in [-0.39, 0.29) is 18.4 Å². The van der Waals surface area contributed by atoms with Crippen LogP contribution in [0.15, 0.2) is 48.5 Å². The molecule has 0 aliphatic heterocycles. The summed E-state index contributed by atoms with van der Waals surface area (Å²) in [5.41, 5.74) is 2.13. The largest absolute Gasteiger partial charge is 0.354 e. The molecule has 0 aromatic heterocycles. The Balaban J connectivity index is 2.42. The van der Waals surface area contributed by atoms with Gasteiger partial charge in [0, 0.05) is 18.1 Å². The second kappa shape index (κ2) is 12.9. The van der Waals surface area contributed by atoms with Gasteiger partial charge < -0.3 is 10.2 Å². The van der Waals surface area contributed by atoms with Crippen LogP contribution in [0, 0.1) is 5.92 Å². The number of aryl methyl sites for hydroxylation is 1. The Morgan fingerprint density at radius 2 is 1.66 bits per heavy atom. The summed E-state index contributed by atoms with van der Waals surface area (Å²) in [5, 5.41) is 3.37. The molecule has 0 heterocycles. The molecular formula is C26H36ClN3O4S. The van der Waals surface area contributed by atoms with Crippen LogP contribution in [0.25, 0.3) is 0 Å². The number of carbonyl (C=O) groups is 2. The molecule has 7 nitrogen and oxygen atoms in total. The number of nitrogens with one attached hydrogen (secondary N) is 1. The van der Waals surface area contributed by atoms with E-state index in [0.717, 1.165) is 22.5 Å². The number of amides is 2. The first-order valence-electron chi connectivity index (χ1n) is 11.8. The van der Waals surface area contributed by atoms with E-state index in [2.05, 4.69) is 5.32 Å². The maximum Gasteiger partial charge on any atom is 0.244 e. The van der Waals surface area contributed by atoms with Gasteiger partial charge in [-0.15, -0.1) is 0 Å². The van der Waals surface area contributed by atoms with Gasteiger partial charge in [0.15, 0.2) is 0 Å². The molecule has 2 amide bonds. The predicted octanol–water partition coefficient (Wildman–Crippen LogP) is 4.25. The molecule has 0 spiro atoms. The Kier molecular flexibility index (Phi) is 10.6. The molecule has 0 saturated carbocycles. The molecule has 192 valence electrons. The Bertz CT molecular complexity index is 1100. The van der Waals surface area contributed by atoms with Crippen molar-refractivity contribution in [2.45, 2.75) is 53.1 Å². The zero-order chi connectivity index (χ0) is 26.2. The van der Waals surface area contributed by atoms with Crippen molar-refractivity contribution in [3.8, 4) is 0 Å². The van der Waals surface area contributed by atoms with E-state index in [4.69, 9.17) is 11.6 Å². The molecule has 9 heteroatoms. The minimum absolute atomic E-state index is 0.0818. The minimum Gasteiger partial charge on any atom is -0.354 e. The van der Waals surface area contributed by atoms with E-state index in [1.807, 2.05) is 45.9 Å². The van der Waals surface area contributed by atoms with Gasteiger partial charge >= 0.3 is 0 Å². The van der Waals surface area contributed by atoms with Gasteiger partial charge in [0.05, 0.1) is 11.9 Å². The third-order valence-electron chi connectivity index (χ3n) is 5.68. The molecule has 1 atom stereocenters. The van der Waals surface area contributed by atoms with Crippen molar-refractivity contribution in [3.63, 3.8) is 0 Å². The molecule has 2 rings (SSSR count). The van der Waals surface area contributed by atoms with Crippen LogP contribution in [-0.2, 0) is 32.6 Å². The number of hydrogen-bond donors (Lipinski definition) is 1. The molecule has 2 aromatic rings. The molecule has 0 unspecified atom stereocenters. The highest BCUT2D eigenvalue weighted by molar-refractivity contribution is 7.92. The smallest absolute Gasteiger partial charge is 0.244 e. The summed E-state index contributed by atoms with van der Waals surface area (Å²) in [6, 6.07) is 13.4. The normalized spacial score (nSPS) is 12.3. The summed E-state index contributed by atoms with van der Waals surface area (Å²) in [5.74, 6) is -0.516. The van der Waals surface area contributed by atoms with Crippen LogP contribution in [0.3, 0.4) is 0 Å². The zero-order valence-corrected chi connectivity index (χ0v) is 22.7. The van der Waals surface area contributed by atoms with Gasteiger partial charge in [-0.3, -0.25) is 13.9 Å². The van der Waals surface area contributed by atoms with Crippen molar-refractivity contribution < 1.29 is 18.0 Å². The topological polar surface area (TPSA) is 86.8 Å². The Morgan fingerprint density at radius 1 is 1.03 bits per heavy atom. The Morgan fingerprint density at radius 3 is 2.17 bits per heavy atom. The third kappa shape index (κ3) is 8.25. The van der Waals surface area contributed by atoms with Crippen LogP contribution >= 0.6 is 11.6 Å². The van der Waals surface area contributed by atoms with Crippen LogP contribution < -0.4 is 9.62 Å². The standard InChI is InChI=1S/C26H36ClN3O4S/c1-6-20-12-14-22(15-13-20)30(35(5,33)34)18-25(31)29(17-21-10-8-9-11-23(21)27)24(7-2)26(32)28-16-19(3)4/h8-15,19,24H,6-7,16-18H2,1-5H3,(H,28,32)/t24-/m1/s1. The number of halogens is 1. The maximum absolute atomic E-state index is 13.7. The fraction of sp³-hybridized carbons (Fsp3) is 0.462. The molecular weight excluding hydrogens is 486 g/mol. The fourth-order valence-electron chi connectivity index (χ4n) is 3.66. The van der Waals surface area contributed by atoms with Gasteiger partial charge in [-0.1, -0.05) is 69.6 Å². The number of nitrogens with zero attached hydrogens (tertiary/aromatic N) is 2. The number of sulfonamides is 1. The highest BCUT2D eigenvalue weighted by atomic mass is 35.5. The highest BCUT2D eigenvalue weighted by Crippen LogP contribution is 2.22. The molecule has 0 aliphatic rings. The lowest BCUT2D eigenvalue weighted by atomic mass is 10.1. The summed E-state index contributed by atoms with van der Waals surface area (Å²) < 4.78 is 26.4. The minimum atomic E-state index is -3.76. The predicted molar refractivity (Wildman–Crippen MR) is 142 cm³/mol. The summed E-state index contributed by atoms with van der Waals surface area (Å²) in [6.45, 7) is 7.94. The number of carbonyl (C=O) groups excluding carboxylic acids is 2.